The molecule has 3 heterocycles. The zero-order valence-electron chi connectivity index (χ0n) is 15.0. The molecule has 0 aliphatic carbocycles. The largest absolute Gasteiger partial charge is 0.497 e. The molecule has 2 unspecified atom stereocenters. The number of aryl methyl sites for hydroxylation is 1. The lowest BCUT2D eigenvalue weighted by molar-refractivity contribution is -0.529. The van der Waals surface area contributed by atoms with Gasteiger partial charge in [-0.05, 0) is 24.1 Å². The molecule has 0 aromatic heterocycles. The van der Waals surface area contributed by atoms with Gasteiger partial charge < -0.3 is 9.47 Å². The molecule has 1 saturated heterocycles. The molecule has 2 atom stereocenters. The Balaban J connectivity index is 1.44. The van der Waals surface area contributed by atoms with Crippen LogP contribution in [0.25, 0.3) is 0 Å². The van der Waals surface area contributed by atoms with Gasteiger partial charge >= 0.3 is 12.1 Å². The van der Waals surface area contributed by atoms with Crippen molar-refractivity contribution in [3.05, 3.63) is 29.8 Å². The quantitative estimate of drug-likeness (QED) is 0.744. The Bertz CT molecular complexity index is 847. The Morgan fingerprint density at radius 2 is 2.12 bits per heavy atom. The monoisotopic (exact) mass is 357 g/mol. The maximum absolute atomic E-state index is 12.5. The fourth-order valence-electron chi connectivity index (χ4n) is 3.39. The van der Waals surface area contributed by atoms with Crippen LogP contribution >= 0.6 is 0 Å². The molecule has 0 bridgehead atoms. The topological polar surface area (TPSA) is 74.5 Å². The van der Waals surface area contributed by atoms with Crippen molar-refractivity contribution in [3.63, 3.8) is 0 Å². The lowest BCUT2D eigenvalue weighted by atomic mass is 10.1. The highest BCUT2D eigenvalue weighted by atomic mass is 16.6. The third kappa shape index (κ3) is 2.53. The molecule has 1 aromatic carbocycles. The number of fused-ring (bicyclic) bond motifs is 2. The highest BCUT2D eigenvalue weighted by Crippen LogP contribution is 2.24. The number of amidine groups is 2. The minimum absolute atomic E-state index is 0.221. The SMILES string of the molecule is CCc1cccc(OCC2C[N+]3=C(N=C4C3C(=O)N(C)C(=O)N4C)O2)c1. The summed E-state index contributed by atoms with van der Waals surface area (Å²) >= 11 is 0. The number of hydrogen-bond acceptors (Lipinski definition) is 5. The van der Waals surface area contributed by atoms with Crippen LogP contribution in [0.4, 0.5) is 4.79 Å². The Morgan fingerprint density at radius 3 is 2.88 bits per heavy atom. The number of aliphatic imine (C=N–C) groups is 1. The van der Waals surface area contributed by atoms with Crippen LogP contribution in [-0.2, 0) is 16.0 Å². The first-order valence-electron chi connectivity index (χ1n) is 8.65. The number of hydrogen-bond donors (Lipinski definition) is 0. The van der Waals surface area contributed by atoms with Crippen LogP contribution in [0, 0.1) is 0 Å². The second-order valence-corrected chi connectivity index (χ2v) is 6.60. The van der Waals surface area contributed by atoms with E-state index >= 15 is 0 Å². The number of benzene rings is 1. The molecule has 136 valence electrons. The molecule has 26 heavy (non-hydrogen) atoms. The van der Waals surface area contributed by atoms with Gasteiger partial charge in [0.2, 0.25) is 0 Å². The molecule has 1 aromatic rings. The van der Waals surface area contributed by atoms with Gasteiger partial charge in [-0.25, -0.2) is 4.79 Å². The fraction of sp³-hybridized carbons (Fsp3) is 0.444. The van der Waals surface area contributed by atoms with Crippen LogP contribution in [0.5, 0.6) is 5.75 Å². The van der Waals surface area contributed by atoms with Gasteiger partial charge in [-0.3, -0.25) is 14.6 Å². The van der Waals surface area contributed by atoms with Crippen molar-refractivity contribution in [2.45, 2.75) is 25.5 Å². The van der Waals surface area contributed by atoms with E-state index in [4.69, 9.17) is 9.47 Å². The average molecular weight is 357 g/mol. The standard InChI is InChI=1S/C18H21N4O4/c1-4-11-6-5-7-12(8-11)25-10-13-9-22-14-15(19-17(22)26-13)20(2)18(24)21(3)16(14)23/h5-8,13-14H,4,9-10H2,1-3H3/q+1. The van der Waals surface area contributed by atoms with E-state index in [1.54, 1.807) is 11.6 Å². The first-order valence-corrected chi connectivity index (χ1v) is 8.65. The molecule has 0 spiro atoms. The van der Waals surface area contributed by atoms with Gasteiger partial charge in [-0.15, -0.1) is 0 Å². The number of rotatable bonds is 4. The molecule has 0 saturated carbocycles. The predicted molar refractivity (Wildman–Crippen MR) is 93.5 cm³/mol. The summed E-state index contributed by atoms with van der Waals surface area (Å²) in [7, 11) is 3.09. The van der Waals surface area contributed by atoms with Crippen molar-refractivity contribution in [1.29, 1.82) is 0 Å². The number of amides is 3. The second-order valence-electron chi connectivity index (χ2n) is 6.60. The van der Waals surface area contributed by atoms with E-state index in [2.05, 4.69) is 18.0 Å². The summed E-state index contributed by atoms with van der Waals surface area (Å²) in [6.45, 7) is 2.95. The predicted octanol–water partition coefficient (Wildman–Crippen LogP) is 0.700. The van der Waals surface area contributed by atoms with Gasteiger partial charge in [-0.1, -0.05) is 19.1 Å². The molecule has 3 aliphatic heterocycles. The van der Waals surface area contributed by atoms with Crippen LogP contribution < -0.4 is 4.74 Å². The Labute approximate surface area is 151 Å². The molecule has 0 radical (unpaired) electrons. The Morgan fingerprint density at radius 1 is 1.31 bits per heavy atom. The number of imide groups is 1. The normalized spacial score (nSPS) is 24.5. The number of likely N-dealkylation sites (N-methyl/N-ethyl adjacent to an activating group) is 2. The summed E-state index contributed by atoms with van der Waals surface area (Å²) in [5.41, 5.74) is 1.21. The van der Waals surface area contributed by atoms with Crippen LogP contribution in [0.3, 0.4) is 0 Å². The third-order valence-electron chi connectivity index (χ3n) is 4.91. The summed E-state index contributed by atoms with van der Waals surface area (Å²) < 4.78 is 13.5. The van der Waals surface area contributed by atoms with Crippen LogP contribution in [0.15, 0.2) is 29.3 Å². The van der Waals surface area contributed by atoms with Crippen LogP contribution in [-0.4, -0.2) is 77.6 Å². The maximum Gasteiger partial charge on any atom is 0.497 e. The molecule has 8 heteroatoms. The van der Waals surface area contributed by atoms with E-state index in [0.717, 1.165) is 17.1 Å². The van der Waals surface area contributed by atoms with Gasteiger partial charge in [0.15, 0.2) is 6.10 Å². The zero-order valence-corrected chi connectivity index (χ0v) is 15.0. The van der Waals surface area contributed by atoms with Crippen molar-refractivity contribution in [2.24, 2.45) is 4.99 Å². The lowest BCUT2D eigenvalue weighted by Crippen LogP contribution is -2.61. The minimum Gasteiger partial charge on any atom is -0.490 e. The maximum atomic E-state index is 12.5. The van der Waals surface area contributed by atoms with E-state index in [9.17, 15) is 9.59 Å². The van der Waals surface area contributed by atoms with Crippen molar-refractivity contribution in [3.8, 4) is 5.75 Å². The summed E-state index contributed by atoms with van der Waals surface area (Å²) in [6, 6.07) is 7.34. The summed E-state index contributed by atoms with van der Waals surface area (Å²) in [5.74, 6) is 0.929. The van der Waals surface area contributed by atoms with Crippen LogP contribution in [0.2, 0.25) is 0 Å². The van der Waals surface area contributed by atoms with Gasteiger partial charge in [-0.2, -0.15) is 4.58 Å². The van der Waals surface area contributed by atoms with Gasteiger partial charge in [0.1, 0.15) is 18.9 Å². The smallest absolute Gasteiger partial charge is 0.490 e. The summed E-state index contributed by atoms with van der Waals surface area (Å²) in [6.07, 6.45) is 0.728. The molecular formula is C18H21N4O4+. The summed E-state index contributed by atoms with van der Waals surface area (Å²) in [4.78, 5) is 31.4. The molecule has 8 nitrogen and oxygen atoms in total. The highest BCUT2D eigenvalue weighted by Gasteiger charge is 2.56. The first-order chi connectivity index (χ1) is 12.5. The van der Waals surface area contributed by atoms with Crippen molar-refractivity contribution in [2.75, 3.05) is 27.2 Å². The van der Waals surface area contributed by atoms with Crippen LogP contribution in [0.1, 0.15) is 12.5 Å². The Kier molecular flexibility index (Phi) is 3.90. The van der Waals surface area contributed by atoms with E-state index in [0.29, 0.717) is 25.0 Å². The average Bonchev–Trinajstić information content (AvgIpc) is 3.20. The Hall–Kier alpha value is -2.90. The highest BCUT2D eigenvalue weighted by molar-refractivity contribution is 6.22. The summed E-state index contributed by atoms with van der Waals surface area (Å²) in [5, 5.41) is 0. The van der Waals surface area contributed by atoms with E-state index in [1.807, 2.05) is 18.2 Å². The van der Waals surface area contributed by atoms with Gasteiger partial charge in [0.05, 0.1) is 0 Å². The number of ether oxygens (including phenoxy) is 2. The number of nitrogens with zero attached hydrogens (tertiary/aromatic N) is 4. The van der Waals surface area contributed by atoms with Gasteiger partial charge in [0.25, 0.3) is 17.8 Å². The fourth-order valence-corrected chi connectivity index (χ4v) is 3.39. The second kappa shape index (κ2) is 6.12. The molecule has 0 N–H and O–H groups in total. The molecule has 4 rings (SSSR count). The van der Waals surface area contributed by atoms with E-state index in [-0.39, 0.29) is 18.0 Å². The lowest BCUT2D eigenvalue weighted by Gasteiger charge is -2.30. The number of urea groups is 1. The third-order valence-corrected chi connectivity index (χ3v) is 4.91. The van der Waals surface area contributed by atoms with Crippen molar-refractivity contribution in [1.82, 2.24) is 9.80 Å². The molecule has 1 fully saturated rings. The van der Waals surface area contributed by atoms with E-state index < -0.39 is 6.04 Å². The van der Waals surface area contributed by atoms with Crippen molar-refractivity contribution >= 4 is 23.8 Å². The molecular weight excluding hydrogens is 336 g/mol. The van der Waals surface area contributed by atoms with E-state index in [1.165, 1.54) is 17.5 Å². The first kappa shape index (κ1) is 16.6. The number of carbonyl (C=O) groups excluding carboxylic acids is 2. The van der Waals surface area contributed by atoms with Gasteiger partial charge in [0, 0.05) is 19.1 Å². The number of carbonyl (C=O) groups is 2. The zero-order chi connectivity index (χ0) is 18.4. The van der Waals surface area contributed by atoms with Crippen molar-refractivity contribution < 1.29 is 23.6 Å². The molecule has 3 aliphatic rings. The molecule has 3 amide bonds. The minimum atomic E-state index is -0.605.